The van der Waals surface area contributed by atoms with Crippen molar-refractivity contribution in [1.29, 1.82) is 0 Å². The highest BCUT2D eigenvalue weighted by molar-refractivity contribution is 6.03. The number of hydrogen-bond donors (Lipinski definition) is 1. The Labute approximate surface area is 205 Å². The number of hydrogen-bond acceptors (Lipinski definition) is 5. The van der Waals surface area contributed by atoms with Crippen molar-refractivity contribution in [3.05, 3.63) is 65.5 Å². The van der Waals surface area contributed by atoms with E-state index in [0.717, 1.165) is 5.56 Å². The Hall–Kier alpha value is -3.46. The number of nitrogens with one attached hydrogen (secondary N) is 1. The average molecular weight is 485 g/mol. The van der Waals surface area contributed by atoms with Crippen LogP contribution in [0.4, 0.5) is 9.18 Å². The minimum Gasteiger partial charge on any atom is -0.497 e. The molecule has 0 aromatic heterocycles. The highest BCUT2D eigenvalue weighted by atomic mass is 19.1. The van der Waals surface area contributed by atoms with E-state index in [2.05, 4.69) is 10.4 Å². The molecule has 3 rings (SSSR count). The second-order valence-corrected chi connectivity index (χ2v) is 9.35. The Bertz CT molecular complexity index is 1070. The first-order chi connectivity index (χ1) is 16.6. The van der Waals surface area contributed by atoms with Crippen LogP contribution >= 0.6 is 0 Å². The summed E-state index contributed by atoms with van der Waals surface area (Å²) in [6, 6.07) is 12.9. The van der Waals surface area contributed by atoms with Crippen LogP contribution < -0.4 is 10.1 Å². The summed E-state index contributed by atoms with van der Waals surface area (Å²) in [7, 11) is 3.11. The van der Waals surface area contributed by atoms with Crippen molar-refractivity contribution in [3.8, 4) is 5.75 Å². The zero-order chi connectivity index (χ0) is 25.6. The second kappa shape index (κ2) is 11.3. The summed E-state index contributed by atoms with van der Waals surface area (Å²) in [6.07, 6.45) is 0.339. The van der Waals surface area contributed by atoms with E-state index in [4.69, 9.17) is 9.47 Å². The standard InChI is InChI=1S/C26H33FN4O4/c1-26(2,3)28-25(33)30(14-15-34-4)17-24(32)31-23(18-10-12-19(35-5)13-11-18)16-22(29-31)20-8-6-7-9-21(20)27/h6-13,23H,14-17H2,1-5H3,(H,28,33). The molecular formula is C26H33FN4O4. The summed E-state index contributed by atoms with van der Waals surface area (Å²) in [4.78, 5) is 27.8. The summed E-state index contributed by atoms with van der Waals surface area (Å²) < 4.78 is 24.9. The number of benzene rings is 2. The van der Waals surface area contributed by atoms with Gasteiger partial charge in [-0.25, -0.2) is 14.2 Å². The first kappa shape index (κ1) is 26.2. The molecule has 9 heteroatoms. The Morgan fingerprint density at radius 3 is 2.43 bits per heavy atom. The van der Waals surface area contributed by atoms with E-state index in [1.807, 2.05) is 32.9 Å². The van der Waals surface area contributed by atoms with Crippen LogP contribution in [0.25, 0.3) is 0 Å². The molecule has 1 unspecified atom stereocenters. The molecule has 0 bridgehead atoms. The fraction of sp³-hybridized carbons (Fsp3) is 0.423. The topological polar surface area (TPSA) is 83.5 Å². The molecule has 0 spiro atoms. The molecule has 8 nitrogen and oxygen atoms in total. The summed E-state index contributed by atoms with van der Waals surface area (Å²) in [6.45, 7) is 5.91. The maximum Gasteiger partial charge on any atom is 0.318 e. The third kappa shape index (κ3) is 6.79. The first-order valence-corrected chi connectivity index (χ1v) is 11.5. The zero-order valence-corrected chi connectivity index (χ0v) is 20.9. The molecule has 2 aromatic carbocycles. The normalized spacial score (nSPS) is 15.5. The van der Waals surface area contributed by atoms with Crippen molar-refractivity contribution in [2.75, 3.05) is 33.9 Å². The summed E-state index contributed by atoms with van der Waals surface area (Å²) >= 11 is 0. The van der Waals surface area contributed by atoms with Crippen LogP contribution in [0.1, 0.15) is 44.4 Å². The molecule has 0 aliphatic carbocycles. The molecule has 0 radical (unpaired) electrons. The van der Waals surface area contributed by atoms with E-state index >= 15 is 0 Å². The van der Waals surface area contributed by atoms with Gasteiger partial charge >= 0.3 is 6.03 Å². The lowest BCUT2D eigenvalue weighted by Crippen LogP contribution is -2.52. The van der Waals surface area contributed by atoms with E-state index in [-0.39, 0.29) is 31.6 Å². The minimum absolute atomic E-state index is 0.202. The van der Waals surface area contributed by atoms with Crippen LogP contribution in [0.15, 0.2) is 53.6 Å². The largest absolute Gasteiger partial charge is 0.497 e. The van der Waals surface area contributed by atoms with E-state index in [1.165, 1.54) is 23.1 Å². The average Bonchev–Trinajstić information content (AvgIpc) is 3.26. The fourth-order valence-corrected chi connectivity index (χ4v) is 3.77. The Morgan fingerprint density at radius 1 is 1.14 bits per heavy atom. The van der Waals surface area contributed by atoms with Crippen LogP contribution in [-0.2, 0) is 9.53 Å². The predicted molar refractivity (Wildman–Crippen MR) is 132 cm³/mol. The quantitative estimate of drug-likeness (QED) is 0.615. The van der Waals surface area contributed by atoms with Crippen molar-refractivity contribution >= 4 is 17.6 Å². The third-order valence-corrected chi connectivity index (χ3v) is 5.51. The molecule has 1 aliphatic rings. The molecule has 0 saturated carbocycles. The lowest BCUT2D eigenvalue weighted by atomic mass is 9.98. The maximum atomic E-state index is 14.5. The van der Waals surface area contributed by atoms with Crippen LogP contribution in [0.5, 0.6) is 5.75 Å². The van der Waals surface area contributed by atoms with Crippen molar-refractivity contribution in [2.24, 2.45) is 5.10 Å². The van der Waals surface area contributed by atoms with Crippen LogP contribution in [-0.4, -0.2) is 67.0 Å². The van der Waals surface area contributed by atoms with Crippen molar-refractivity contribution < 1.29 is 23.5 Å². The number of carbonyl (C=O) groups excluding carboxylic acids is 2. The van der Waals surface area contributed by atoms with Crippen molar-refractivity contribution in [2.45, 2.75) is 38.8 Å². The number of methoxy groups -OCH3 is 2. The molecule has 1 N–H and O–H groups in total. The first-order valence-electron chi connectivity index (χ1n) is 11.5. The molecule has 0 fully saturated rings. The number of hydrazone groups is 1. The number of rotatable bonds is 8. The molecule has 3 amide bonds. The summed E-state index contributed by atoms with van der Waals surface area (Å²) in [5.41, 5.74) is 1.18. The minimum atomic E-state index is -0.471. The highest BCUT2D eigenvalue weighted by Crippen LogP contribution is 2.34. The number of halogens is 1. The van der Waals surface area contributed by atoms with Crippen molar-refractivity contribution in [1.82, 2.24) is 15.2 Å². The molecule has 1 heterocycles. The zero-order valence-electron chi connectivity index (χ0n) is 20.9. The van der Waals surface area contributed by atoms with Gasteiger partial charge in [0.15, 0.2) is 0 Å². The second-order valence-electron chi connectivity index (χ2n) is 9.35. The molecule has 35 heavy (non-hydrogen) atoms. The summed E-state index contributed by atoms with van der Waals surface area (Å²) in [5, 5.41) is 8.76. The molecule has 0 saturated heterocycles. The molecule has 1 aliphatic heterocycles. The van der Waals surface area contributed by atoms with E-state index in [0.29, 0.717) is 23.4 Å². The lowest BCUT2D eigenvalue weighted by molar-refractivity contribution is -0.133. The van der Waals surface area contributed by atoms with Gasteiger partial charge in [-0.15, -0.1) is 0 Å². The van der Waals surface area contributed by atoms with E-state index in [9.17, 15) is 14.0 Å². The molecule has 1 atom stereocenters. The molecular weight excluding hydrogens is 451 g/mol. The van der Waals surface area contributed by atoms with Gasteiger partial charge in [0.1, 0.15) is 18.1 Å². The van der Waals surface area contributed by atoms with Gasteiger partial charge in [-0.05, 0) is 44.5 Å². The molecule has 2 aromatic rings. The number of urea groups is 1. The predicted octanol–water partition coefficient (Wildman–Crippen LogP) is 3.97. The van der Waals surface area contributed by atoms with Gasteiger partial charge in [0.05, 0.1) is 25.5 Å². The van der Waals surface area contributed by atoms with Crippen LogP contribution in [0.2, 0.25) is 0 Å². The van der Waals surface area contributed by atoms with Gasteiger partial charge in [-0.1, -0.05) is 30.3 Å². The van der Waals surface area contributed by atoms with E-state index in [1.54, 1.807) is 37.4 Å². The van der Waals surface area contributed by atoms with Gasteiger partial charge in [0.2, 0.25) is 0 Å². The smallest absolute Gasteiger partial charge is 0.318 e. The Balaban J connectivity index is 1.90. The van der Waals surface area contributed by atoms with Gasteiger partial charge < -0.3 is 19.7 Å². The Kier molecular flexibility index (Phi) is 8.45. The third-order valence-electron chi connectivity index (χ3n) is 5.51. The number of nitrogens with zero attached hydrogens (tertiary/aromatic N) is 3. The van der Waals surface area contributed by atoms with Crippen LogP contribution in [0, 0.1) is 5.82 Å². The monoisotopic (exact) mass is 484 g/mol. The Morgan fingerprint density at radius 2 is 1.83 bits per heavy atom. The number of carbonyl (C=O) groups is 2. The van der Waals surface area contributed by atoms with Gasteiger partial charge in [-0.2, -0.15) is 5.10 Å². The van der Waals surface area contributed by atoms with Crippen LogP contribution in [0.3, 0.4) is 0 Å². The van der Waals surface area contributed by atoms with Gasteiger partial charge in [0, 0.05) is 31.2 Å². The fourth-order valence-electron chi connectivity index (χ4n) is 3.77. The summed E-state index contributed by atoms with van der Waals surface area (Å²) in [5.74, 6) is -0.0953. The van der Waals surface area contributed by atoms with E-state index < -0.39 is 17.4 Å². The molecule has 188 valence electrons. The highest BCUT2D eigenvalue weighted by Gasteiger charge is 2.35. The van der Waals surface area contributed by atoms with Gasteiger partial charge in [-0.3, -0.25) is 4.79 Å². The lowest BCUT2D eigenvalue weighted by Gasteiger charge is -2.30. The maximum absolute atomic E-state index is 14.5. The SMILES string of the molecule is COCCN(CC(=O)N1N=C(c2ccccc2F)CC1c1ccc(OC)cc1)C(=O)NC(C)(C)C. The van der Waals surface area contributed by atoms with Crippen molar-refractivity contribution in [3.63, 3.8) is 0 Å². The number of amides is 3. The van der Waals surface area contributed by atoms with Gasteiger partial charge in [0.25, 0.3) is 5.91 Å². The number of ether oxygens (including phenoxy) is 2.